The largest absolute Gasteiger partial charge is 0.454 e. The van der Waals surface area contributed by atoms with E-state index in [0.717, 1.165) is 24.8 Å². The maximum absolute atomic E-state index is 12.0. The summed E-state index contributed by atoms with van der Waals surface area (Å²) in [5.74, 6) is -0.474. The van der Waals surface area contributed by atoms with Crippen LogP contribution in [0.15, 0.2) is 35.5 Å². The van der Waals surface area contributed by atoms with E-state index >= 15 is 0 Å². The lowest BCUT2D eigenvalue weighted by Crippen LogP contribution is -2.59. The topological polar surface area (TPSA) is 126 Å². The smallest absolute Gasteiger partial charge is 0.334 e. The molecule has 1 aliphatic carbocycles. The highest BCUT2D eigenvalue weighted by atomic mass is 16.7. The minimum absolute atomic E-state index is 0.0861. The van der Waals surface area contributed by atoms with Crippen LogP contribution >= 0.6 is 0 Å². The molecule has 162 valence electrons. The van der Waals surface area contributed by atoms with E-state index in [4.69, 9.17) is 14.2 Å². The number of esters is 1. The summed E-state index contributed by atoms with van der Waals surface area (Å²) >= 11 is 0. The SMILES string of the molecule is C=C1C(=O)O[C@@H]2/C=C(/CO[C@@H]3O[C@H](CO)[C@@H](O)[C@H](O)[C@@H]3O)CC/C=C(/C)CC[C@@H]12. The van der Waals surface area contributed by atoms with Gasteiger partial charge in [-0.15, -0.1) is 0 Å². The maximum atomic E-state index is 12.0. The van der Waals surface area contributed by atoms with Crippen molar-refractivity contribution in [2.24, 2.45) is 5.92 Å². The first-order valence-corrected chi connectivity index (χ1v) is 9.99. The number of hydrogen-bond acceptors (Lipinski definition) is 8. The van der Waals surface area contributed by atoms with Crippen molar-refractivity contribution in [2.45, 2.75) is 69.4 Å². The molecule has 2 heterocycles. The summed E-state index contributed by atoms with van der Waals surface area (Å²) in [7, 11) is 0. The first kappa shape index (κ1) is 22.1. The van der Waals surface area contributed by atoms with Crippen molar-refractivity contribution in [3.05, 3.63) is 35.5 Å². The zero-order chi connectivity index (χ0) is 21.1. The third kappa shape index (κ3) is 4.96. The van der Waals surface area contributed by atoms with Crippen molar-refractivity contribution in [2.75, 3.05) is 13.2 Å². The first-order valence-electron chi connectivity index (χ1n) is 9.99. The van der Waals surface area contributed by atoms with E-state index in [-0.39, 0.29) is 18.5 Å². The average Bonchev–Trinajstić information content (AvgIpc) is 2.96. The second kappa shape index (κ2) is 9.51. The number of aliphatic hydroxyl groups is 4. The molecule has 2 aliphatic heterocycles. The van der Waals surface area contributed by atoms with Gasteiger partial charge in [0.1, 0.15) is 30.5 Å². The molecule has 29 heavy (non-hydrogen) atoms. The molecule has 0 aromatic heterocycles. The van der Waals surface area contributed by atoms with Gasteiger partial charge in [-0.2, -0.15) is 0 Å². The standard InChI is InChI=1S/C21H30O8/c1-11-4-3-5-13(8-15-14(7-6-11)12(2)20(26)28-15)10-27-21-19(25)18(24)17(23)16(9-22)29-21/h4,8,14-19,21-25H,2-3,5-7,9-10H2,1H3/b11-4-,13-8+/t14-,15+,16+,17+,18-,19-,21+/m0/s1. The van der Waals surface area contributed by atoms with Gasteiger partial charge in [0.2, 0.25) is 0 Å². The molecule has 0 aromatic carbocycles. The summed E-state index contributed by atoms with van der Waals surface area (Å²) in [6.07, 6.45) is 0.142. The van der Waals surface area contributed by atoms with Gasteiger partial charge in [-0.25, -0.2) is 4.79 Å². The average molecular weight is 410 g/mol. The van der Waals surface area contributed by atoms with Crippen LogP contribution in [0.3, 0.4) is 0 Å². The number of aliphatic hydroxyl groups excluding tert-OH is 4. The summed E-state index contributed by atoms with van der Waals surface area (Å²) in [5, 5.41) is 39.2. The van der Waals surface area contributed by atoms with Crippen LogP contribution in [-0.2, 0) is 19.0 Å². The lowest BCUT2D eigenvalue weighted by molar-refractivity contribution is -0.299. The molecular weight excluding hydrogens is 380 g/mol. The fraction of sp³-hybridized carbons (Fsp3) is 0.667. The van der Waals surface area contributed by atoms with Gasteiger partial charge < -0.3 is 34.6 Å². The van der Waals surface area contributed by atoms with Crippen LogP contribution in [0.5, 0.6) is 0 Å². The molecule has 8 heteroatoms. The summed E-state index contributed by atoms with van der Waals surface area (Å²) in [6.45, 7) is 5.51. The van der Waals surface area contributed by atoms with E-state index in [1.807, 2.05) is 6.08 Å². The highest BCUT2D eigenvalue weighted by Crippen LogP contribution is 2.34. The van der Waals surface area contributed by atoms with Gasteiger partial charge in [0.05, 0.1) is 13.2 Å². The Bertz CT molecular complexity index is 682. The number of hydrogen-bond donors (Lipinski definition) is 4. The van der Waals surface area contributed by atoms with Gasteiger partial charge in [0, 0.05) is 11.5 Å². The second-order valence-electron chi connectivity index (χ2n) is 7.96. The van der Waals surface area contributed by atoms with Gasteiger partial charge in [-0.3, -0.25) is 0 Å². The first-order chi connectivity index (χ1) is 13.8. The monoisotopic (exact) mass is 410 g/mol. The molecule has 0 aromatic rings. The minimum atomic E-state index is -1.49. The van der Waals surface area contributed by atoms with Crippen LogP contribution in [0.4, 0.5) is 0 Å². The van der Waals surface area contributed by atoms with E-state index in [2.05, 4.69) is 19.6 Å². The van der Waals surface area contributed by atoms with Crippen LogP contribution in [0.1, 0.15) is 32.6 Å². The number of carbonyl (C=O) groups is 1. The van der Waals surface area contributed by atoms with Crippen molar-refractivity contribution >= 4 is 5.97 Å². The molecule has 3 rings (SSSR count). The lowest BCUT2D eigenvalue weighted by atomic mass is 9.88. The van der Waals surface area contributed by atoms with E-state index in [1.165, 1.54) is 5.57 Å². The molecular formula is C21H30O8. The molecule has 0 radical (unpaired) electrons. The summed E-state index contributed by atoms with van der Waals surface area (Å²) < 4.78 is 16.5. The fourth-order valence-corrected chi connectivity index (χ4v) is 3.94. The van der Waals surface area contributed by atoms with Crippen LogP contribution < -0.4 is 0 Å². The second-order valence-corrected chi connectivity index (χ2v) is 7.96. The molecule has 4 N–H and O–H groups in total. The fourth-order valence-electron chi connectivity index (χ4n) is 3.94. The molecule has 3 aliphatic rings. The Labute approximate surface area is 170 Å². The molecule has 0 amide bonds. The zero-order valence-electron chi connectivity index (χ0n) is 16.6. The molecule has 0 unspecified atom stereocenters. The third-order valence-electron chi connectivity index (χ3n) is 5.84. The van der Waals surface area contributed by atoms with E-state index in [9.17, 15) is 25.2 Å². The van der Waals surface area contributed by atoms with Crippen LogP contribution in [0.25, 0.3) is 0 Å². The zero-order valence-corrected chi connectivity index (χ0v) is 16.6. The van der Waals surface area contributed by atoms with Crippen molar-refractivity contribution in [1.29, 1.82) is 0 Å². The quantitative estimate of drug-likeness (QED) is 0.297. The van der Waals surface area contributed by atoms with Gasteiger partial charge in [-0.1, -0.05) is 18.2 Å². The Morgan fingerprint density at radius 1 is 1.21 bits per heavy atom. The van der Waals surface area contributed by atoms with E-state index in [1.54, 1.807) is 0 Å². The highest BCUT2D eigenvalue weighted by Gasteiger charge is 2.44. The predicted octanol–water partition coefficient (Wildman–Crippen LogP) is 0.347. The predicted molar refractivity (Wildman–Crippen MR) is 103 cm³/mol. The van der Waals surface area contributed by atoms with Crippen LogP contribution in [0, 0.1) is 5.92 Å². The third-order valence-corrected chi connectivity index (χ3v) is 5.84. The Hall–Kier alpha value is -1.55. The maximum Gasteiger partial charge on any atom is 0.334 e. The molecule has 8 nitrogen and oxygen atoms in total. The number of fused-ring (bicyclic) bond motifs is 1. The van der Waals surface area contributed by atoms with Crippen molar-refractivity contribution in [1.82, 2.24) is 0 Å². The molecule has 2 saturated heterocycles. The number of rotatable bonds is 4. The normalized spacial score (nSPS) is 42.3. The Kier molecular flexibility index (Phi) is 7.26. The molecule has 0 saturated carbocycles. The van der Waals surface area contributed by atoms with Crippen LogP contribution in [0.2, 0.25) is 0 Å². The number of allylic oxidation sites excluding steroid dienone is 2. The van der Waals surface area contributed by atoms with Gasteiger partial charge in [-0.05, 0) is 44.3 Å². The summed E-state index contributed by atoms with van der Waals surface area (Å²) in [6, 6.07) is 0. The van der Waals surface area contributed by atoms with Crippen molar-refractivity contribution < 1.29 is 39.4 Å². The van der Waals surface area contributed by atoms with Gasteiger partial charge in [0.25, 0.3) is 0 Å². The van der Waals surface area contributed by atoms with Gasteiger partial charge >= 0.3 is 5.97 Å². The molecule has 0 bridgehead atoms. The Balaban J connectivity index is 1.72. The van der Waals surface area contributed by atoms with E-state index in [0.29, 0.717) is 12.0 Å². The molecule has 0 spiro atoms. The van der Waals surface area contributed by atoms with Crippen LogP contribution in [-0.4, -0.2) is 76.4 Å². The summed E-state index contributed by atoms with van der Waals surface area (Å²) in [4.78, 5) is 12.0. The van der Waals surface area contributed by atoms with Crippen molar-refractivity contribution in [3.8, 4) is 0 Å². The number of carbonyl (C=O) groups excluding carboxylic acids is 1. The molecule has 7 atom stereocenters. The Morgan fingerprint density at radius 3 is 2.69 bits per heavy atom. The number of ether oxygens (including phenoxy) is 3. The van der Waals surface area contributed by atoms with Gasteiger partial charge in [0.15, 0.2) is 6.29 Å². The van der Waals surface area contributed by atoms with E-state index < -0.39 is 43.4 Å². The lowest BCUT2D eigenvalue weighted by Gasteiger charge is -2.39. The molecule has 2 fully saturated rings. The summed E-state index contributed by atoms with van der Waals surface area (Å²) in [5.41, 5.74) is 2.59. The highest BCUT2D eigenvalue weighted by molar-refractivity contribution is 5.91. The van der Waals surface area contributed by atoms with Crippen molar-refractivity contribution in [3.63, 3.8) is 0 Å². The Morgan fingerprint density at radius 2 is 1.97 bits per heavy atom. The minimum Gasteiger partial charge on any atom is -0.454 e.